The van der Waals surface area contributed by atoms with Gasteiger partial charge in [0, 0.05) is 0 Å². The van der Waals surface area contributed by atoms with E-state index >= 15 is 0 Å². The molecule has 6 heteroatoms. The summed E-state index contributed by atoms with van der Waals surface area (Å²) in [6.45, 7) is 6.48. The van der Waals surface area contributed by atoms with Gasteiger partial charge in [-0.05, 0) is 110 Å². The normalized spacial score (nSPS) is 15.3. The molecule has 38 heavy (non-hydrogen) atoms. The van der Waals surface area contributed by atoms with Crippen molar-refractivity contribution in [3.05, 3.63) is 123 Å². The summed E-state index contributed by atoms with van der Waals surface area (Å²) >= 11 is 5.03. The van der Waals surface area contributed by atoms with Crippen molar-refractivity contribution in [2.45, 2.75) is 26.4 Å². The van der Waals surface area contributed by atoms with Gasteiger partial charge in [0.15, 0.2) is 5.17 Å². The molecule has 5 rings (SSSR count). The average Bonchev–Trinajstić information content (AvgIpc) is 3.26. The van der Waals surface area contributed by atoms with Gasteiger partial charge < -0.3 is 10.1 Å². The molecule has 0 radical (unpaired) electrons. The molecular weight excluding hydrogens is 556 g/mol. The first kappa shape index (κ1) is 26.0. The number of nitrogens with zero attached hydrogens (tertiary/aromatic N) is 1. The number of aryl methyl sites for hydroxylation is 1. The fraction of sp³-hybridized carbons (Fsp3) is 0.125. The van der Waals surface area contributed by atoms with E-state index in [1.807, 2.05) is 48.6 Å². The lowest BCUT2D eigenvalue weighted by atomic mass is 10.1. The van der Waals surface area contributed by atoms with Gasteiger partial charge in [0.25, 0.3) is 5.91 Å². The highest BCUT2D eigenvalue weighted by Crippen LogP contribution is 2.35. The lowest BCUT2D eigenvalue weighted by Crippen LogP contribution is -2.19. The number of aliphatic imine (C=N–C) groups is 1. The van der Waals surface area contributed by atoms with Crippen molar-refractivity contribution in [3.8, 4) is 5.75 Å². The molecule has 1 saturated heterocycles. The first-order valence-corrected chi connectivity index (χ1v) is 14.1. The van der Waals surface area contributed by atoms with Crippen LogP contribution in [0.4, 0.5) is 5.69 Å². The van der Waals surface area contributed by atoms with Crippen LogP contribution in [0.1, 0.15) is 29.2 Å². The van der Waals surface area contributed by atoms with Crippen molar-refractivity contribution in [1.82, 2.24) is 5.32 Å². The summed E-state index contributed by atoms with van der Waals surface area (Å²) in [4.78, 5) is 17.8. The number of halogens is 1. The Morgan fingerprint density at radius 1 is 1.00 bits per heavy atom. The molecule has 1 heterocycles. The van der Waals surface area contributed by atoms with Crippen LogP contribution in [-0.2, 0) is 24.2 Å². The predicted molar refractivity (Wildman–Crippen MR) is 163 cm³/mol. The maximum absolute atomic E-state index is 12.7. The Hall–Kier alpha value is -3.61. The zero-order valence-corrected chi connectivity index (χ0v) is 23.4. The third kappa shape index (κ3) is 6.09. The molecule has 0 saturated carbocycles. The largest absolute Gasteiger partial charge is 0.487 e. The number of nitrogens with one attached hydrogen (secondary N) is 1. The minimum absolute atomic E-state index is 0.156. The molecule has 0 unspecified atom stereocenters. The van der Waals surface area contributed by atoms with Gasteiger partial charge in [0.2, 0.25) is 0 Å². The van der Waals surface area contributed by atoms with Crippen LogP contribution in [0.3, 0.4) is 0 Å². The summed E-state index contributed by atoms with van der Waals surface area (Å²) in [5, 5.41) is 5.84. The second-order valence-electron chi connectivity index (χ2n) is 8.96. The zero-order chi connectivity index (χ0) is 26.5. The van der Waals surface area contributed by atoms with Crippen LogP contribution < -0.4 is 10.1 Å². The van der Waals surface area contributed by atoms with Crippen LogP contribution in [0, 0.1) is 0 Å². The number of hydrogen-bond donors (Lipinski definition) is 1. The number of carbonyl (C=O) groups is 1. The quantitative estimate of drug-likeness (QED) is 0.168. The number of amides is 1. The molecule has 1 amide bonds. The van der Waals surface area contributed by atoms with Crippen LogP contribution in [0.5, 0.6) is 5.75 Å². The van der Waals surface area contributed by atoms with Crippen LogP contribution in [-0.4, -0.2) is 11.1 Å². The average molecular weight is 584 g/mol. The van der Waals surface area contributed by atoms with Crippen LogP contribution in [0.25, 0.3) is 16.8 Å². The summed E-state index contributed by atoms with van der Waals surface area (Å²) in [6, 6.07) is 26.7. The van der Waals surface area contributed by atoms with Gasteiger partial charge in [0.1, 0.15) is 12.4 Å². The van der Waals surface area contributed by atoms with E-state index in [-0.39, 0.29) is 5.91 Å². The van der Waals surface area contributed by atoms with Crippen molar-refractivity contribution >= 4 is 61.3 Å². The minimum atomic E-state index is -0.156. The van der Waals surface area contributed by atoms with Gasteiger partial charge >= 0.3 is 0 Å². The summed E-state index contributed by atoms with van der Waals surface area (Å²) in [7, 11) is 0. The first-order chi connectivity index (χ1) is 18.5. The number of rotatable bonds is 8. The molecule has 4 aromatic carbocycles. The monoisotopic (exact) mass is 582 g/mol. The first-order valence-electron chi connectivity index (χ1n) is 12.4. The van der Waals surface area contributed by atoms with E-state index in [2.05, 4.69) is 82.2 Å². The summed E-state index contributed by atoms with van der Waals surface area (Å²) in [6.07, 6.45) is 5.36. The molecule has 1 N–H and O–H groups in total. The third-order valence-corrected chi connectivity index (χ3v) is 7.73. The molecule has 0 spiro atoms. The van der Waals surface area contributed by atoms with Gasteiger partial charge in [-0.15, -0.1) is 6.58 Å². The van der Waals surface area contributed by atoms with E-state index in [1.54, 1.807) is 0 Å². The van der Waals surface area contributed by atoms with Gasteiger partial charge in [-0.3, -0.25) is 4.79 Å². The molecular formula is C32H27BrN2O2S. The molecule has 1 fully saturated rings. The number of amidine groups is 1. The Morgan fingerprint density at radius 2 is 1.76 bits per heavy atom. The lowest BCUT2D eigenvalue weighted by molar-refractivity contribution is -0.115. The Labute approximate surface area is 235 Å². The number of hydrogen-bond acceptors (Lipinski definition) is 4. The molecule has 0 aliphatic carbocycles. The van der Waals surface area contributed by atoms with Crippen molar-refractivity contribution < 1.29 is 9.53 Å². The van der Waals surface area contributed by atoms with Crippen molar-refractivity contribution in [2.75, 3.05) is 0 Å². The van der Waals surface area contributed by atoms with E-state index in [9.17, 15) is 4.79 Å². The van der Waals surface area contributed by atoms with Gasteiger partial charge in [-0.2, -0.15) is 0 Å². The van der Waals surface area contributed by atoms with E-state index < -0.39 is 0 Å². The Balaban J connectivity index is 1.35. The maximum atomic E-state index is 12.7. The second kappa shape index (κ2) is 11.8. The fourth-order valence-corrected chi connectivity index (χ4v) is 5.74. The van der Waals surface area contributed by atoms with E-state index in [0.29, 0.717) is 23.1 Å². The summed E-state index contributed by atoms with van der Waals surface area (Å²) in [5.74, 6) is 0.624. The van der Waals surface area contributed by atoms with Crippen molar-refractivity contribution in [2.24, 2.45) is 4.99 Å². The van der Waals surface area contributed by atoms with Crippen molar-refractivity contribution in [1.29, 1.82) is 0 Å². The standard InChI is InChI=1S/C32H27BrN2O2S/c1-3-7-26-17-23(19-29-31(36)35-32(38-29)34-27-14-11-21(4-2)12-15-27)18-28(33)30(26)37-20-22-10-13-24-8-5-6-9-25(24)16-22/h3,5-6,8-19H,1,4,7,20H2,2H3,(H,34,35,36)/b29-19-. The third-order valence-electron chi connectivity index (χ3n) is 6.23. The topological polar surface area (TPSA) is 50.7 Å². The molecule has 0 atom stereocenters. The maximum Gasteiger partial charge on any atom is 0.264 e. The Morgan fingerprint density at radius 3 is 2.53 bits per heavy atom. The highest BCUT2D eigenvalue weighted by Gasteiger charge is 2.24. The molecule has 190 valence electrons. The number of fused-ring (bicyclic) bond motifs is 1. The Bertz CT molecular complexity index is 1570. The highest BCUT2D eigenvalue weighted by atomic mass is 79.9. The summed E-state index contributed by atoms with van der Waals surface area (Å²) < 4.78 is 7.11. The number of benzene rings is 4. The number of allylic oxidation sites excluding steroid dienone is 1. The fourth-order valence-electron chi connectivity index (χ4n) is 4.27. The van der Waals surface area contributed by atoms with E-state index in [4.69, 9.17) is 4.74 Å². The SMILES string of the molecule is C=CCc1cc(/C=C2\SC(=Nc3ccc(CC)cc3)NC2=O)cc(Br)c1OCc1ccc2ccccc2c1. The highest BCUT2D eigenvalue weighted by molar-refractivity contribution is 9.10. The molecule has 0 aromatic heterocycles. The van der Waals surface area contributed by atoms with E-state index in [0.717, 1.165) is 39.0 Å². The molecule has 4 aromatic rings. The minimum Gasteiger partial charge on any atom is -0.487 e. The molecule has 1 aliphatic rings. The van der Waals surface area contributed by atoms with Crippen molar-refractivity contribution in [3.63, 3.8) is 0 Å². The zero-order valence-electron chi connectivity index (χ0n) is 21.0. The van der Waals surface area contributed by atoms with Gasteiger partial charge in [-0.1, -0.05) is 61.5 Å². The van der Waals surface area contributed by atoms with Crippen LogP contribution in [0.2, 0.25) is 0 Å². The number of carbonyl (C=O) groups excluding carboxylic acids is 1. The van der Waals surface area contributed by atoms with Gasteiger partial charge in [0.05, 0.1) is 15.1 Å². The summed E-state index contributed by atoms with van der Waals surface area (Å²) in [5.41, 5.74) is 5.06. The smallest absolute Gasteiger partial charge is 0.264 e. The molecule has 4 nitrogen and oxygen atoms in total. The molecule has 1 aliphatic heterocycles. The molecule has 0 bridgehead atoms. The van der Waals surface area contributed by atoms with Crippen LogP contribution >= 0.6 is 27.7 Å². The number of ether oxygens (including phenoxy) is 1. The van der Waals surface area contributed by atoms with E-state index in [1.165, 1.54) is 28.1 Å². The number of thioether (sulfide) groups is 1. The predicted octanol–water partition coefficient (Wildman–Crippen LogP) is 8.36. The Kier molecular flexibility index (Phi) is 8.11. The second-order valence-corrected chi connectivity index (χ2v) is 10.8. The van der Waals surface area contributed by atoms with Crippen LogP contribution in [0.15, 0.2) is 106 Å². The van der Waals surface area contributed by atoms with Gasteiger partial charge in [-0.25, -0.2) is 4.99 Å². The lowest BCUT2D eigenvalue weighted by Gasteiger charge is -2.14.